The minimum absolute atomic E-state index is 0.155. The third-order valence-corrected chi connectivity index (χ3v) is 4.14. The van der Waals surface area contributed by atoms with Crippen LogP contribution in [0.1, 0.15) is 44.9 Å². The molecule has 0 aliphatic rings. The molecular formula is C21H28FN7O2. The number of halogens is 1. The van der Waals surface area contributed by atoms with E-state index in [0.717, 1.165) is 0 Å². The number of hydrogen-bond acceptors (Lipinski definition) is 8. The fourth-order valence-electron chi connectivity index (χ4n) is 2.78. The zero-order chi connectivity index (χ0) is 23.2. The van der Waals surface area contributed by atoms with E-state index < -0.39 is 23.6 Å². The van der Waals surface area contributed by atoms with Crippen LogP contribution in [0.2, 0.25) is 0 Å². The normalized spacial score (nSPS) is 13.2. The summed E-state index contributed by atoms with van der Waals surface area (Å²) in [4.78, 5) is 28.3. The van der Waals surface area contributed by atoms with Crippen LogP contribution in [0.15, 0.2) is 35.3 Å². The Morgan fingerprint density at radius 3 is 2.65 bits per heavy atom. The molecule has 1 atom stereocenters. The first-order valence-corrected chi connectivity index (χ1v) is 9.64. The van der Waals surface area contributed by atoms with Crippen LogP contribution in [-0.4, -0.2) is 39.9 Å². The largest absolute Gasteiger partial charge is 0.444 e. The lowest BCUT2D eigenvalue weighted by Crippen LogP contribution is -2.34. The van der Waals surface area contributed by atoms with Crippen molar-refractivity contribution in [2.75, 3.05) is 12.4 Å². The molecule has 1 amide bonds. The van der Waals surface area contributed by atoms with Gasteiger partial charge in [0.2, 0.25) is 5.95 Å². The number of aromatic nitrogens is 3. The van der Waals surface area contributed by atoms with Crippen molar-refractivity contribution in [2.24, 2.45) is 10.7 Å². The van der Waals surface area contributed by atoms with Crippen molar-refractivity contribution in [3.8, 4) is 11.4 Å². The molecule has 0 saturated heterocycles. The summed E-state index contributed by atoms with van der Waals surface area (Å²) in [5, 5.41) is 5.60. The number of carbonyl (C=O) groups excluding carboxylic acids is 1. The van der Waals surface area contributed by atoms with Crippen LogP contribution in [-0.2, 0) is 4.74 Å². The van der Waals surface area contributed by atoms with Gasteiger partial charge in [-0.1, -0.05) is 6.07 Å². The highest BCUT2D eigenvalue weighted by molar-refractivity contribution is 5.82. The van der Waals surface area contributed by atoms with E-state index in [1.165, 1.54) is 18.7 Å². The van der Waals surface area contributed by atoms with E-state index in [0.29, 0.717) is 16.8 Å². The summed E-state index contributed by atoms with van der Waals surface area (Å²) in [6.45, 7) is 8.71. The van der Waals surface area contributed by atoms with E-state index in [1.807, 2.05) is 0 Å². The average Bonchev–Trinajstić information content (AvgIpc) is 2.68. The van der Waals surface area contributed by atoms with Gasteiger partial charge < -0.3 is 21.1 Å². The highest BCUT2D eigenvalue weighted by Gasteiger charge is 2.21. The molecule has 0 aliphatic heterocycles. The van der Waals surface area contributed by atoms with E-state index in [2.05, 4.69) is 30.6 Å². The van der Waals surface area contributed by atoms with Crippen LogP contribution in [0, 0.1) is 12.7 Å². The zero-order valence-electron chi connectivity index (χ0n) is 18.5. The van der Waals surface area contributed by atoms with E-state index in [4.69, 9.17) is 10.5 Å². The molecule has 0 bridgehead atoms. The van der Waals surface area contributed by atoms with Gasteiger partial charge >= 0.3 is 6.09 Å². The number of benzene rings is 1. The van der Waals surface area contributed by atoms with Gasteiger partial charge in [-0.05, 0) is 51.8 Å². The van der Waals surface area contributed by atoms with Gasteiger partial charge in [0.05, 0.1) is 17.3 Å². The number of alkyl carbamates (subject to hydrolysis) is 1. The van der Waals surface area contributed by atoms with Crippen LogP contribution >= 0.6 is 0 Å². The molecule has 0 fully saturated rings. The SMILES string of the molecule is CN=CC(=CN)Nc1ncnc(-c2ccc([C@@H](C)NC(=O)OC(C)(C)C)c(C)c2F)n1. The summed E-state index contributed by atoms with van der Waals surface area (Å²) in [5.74, 6) is -0.137. The second-order valence-electron chi connectivity index (χ2n) is 7.78. The van der Waals surface area contributed by atoms with Crippen LogP contribution in [0.4, 0.5) is 15.1 Å². The minimum Gasteiger partial charge on any atom is -0.444 e. The Bertz CT molecular complexity index is 1000. The Morgan fingerprint density at radius 1 is 1.32 bits per heavy atom. The van der Waals surface area contributed by atoms with Crippen molar-refractivity contribution < 1.29 is 13.9 Å². The van der Waals surface area contributed by atoms with E-state index in [1.54, 1.807) is 53.8 Å². The van der Waals surface area contributed by atoms with Crippen molar-refractivity contribution in [3.05, 3.63) is 47.3 Å². The molecule has 0 radical (unpaired) electrons. The maximum Gasteiger partial charge on any atom is 0.408 e. The molecule has 2 aromatic rings. The monoisotopic (exact) mass is 429 g/mol. The number of nitrogens with two attached hydrogens (primary N) is 1. The Kier molecular flexibility index (Phi) is 7.62. The quantitative estimate of drug-likeness (QED) is 0.600. The molecule has 166 valence electrons. The second kappa shape index (κ2) is 9.96. The summed E-state index contributed by atoms with van der Waals surface area (Å²) in [5.41, 5.74) is 6.58. The molecule has 0 saturated carbocycles. The van der Waals surface area contributed by atoms with E-state index >= 15 is 4.39 Å². The smallest absolute Gasteiger partial charge is 0.408 e. The third-order valence-electron chi connectivity index (χ3n) is 4.14. The number of allylic oxidation sites excluding steroid dienone is 1. The molecule has 31 heavy (non-hydrogen) atoms. The van der Waals surface area contributed by atoms with Gasteiger partial charge in [0, 0.05) is 19.5 Å². The predicted octanol–water partition coefficient (Wildman–Crippen LogP) is 3.48. The molecule has 10 heteroatoms. The highest BCUT2D eigenvalue weighted by atomic mass is 19.1. The number of ether oxygens (including phenoxy) is 1. The molecule has 0 spiro atoms. The summed E-state index contributed by atoms with van der Waals surface area (Å²) in [6.07, 6.45) is 3.52. The third kappa shape index (κ3) is 6.46. The van der Waals surface area contributed by atoms with Gasteiger partial charge in [-0.25, -0.2) is 19.2 Å². The maximum absolute atomic E-state index is 15.2. The topological polar surface area (TPSA) is 127 Å². The predicted molar refractivity (Wildman–Crippen MR) is 118 cm³/mol. The fourth-order valence-corrected chi connectivity index (χ4v) is 2.78. The van der Waals surface area contributed by atoms with Crippen LogP contribution in [0.5, 0.6) is 0 Å². The van der Waals surface area contributed by atoms with Crippen molar-refractivity contribution >= 4 is 18.3 Å². The molecule has 4 N–H and O–H groups in total. The van der Waals surface area contributed by atoms with Crippen molar-refractivity contribution in [3.63, 3.8) is 0 Å². The number of nitrogens with one attached hydrogen (secondary N) is 2. The fraction of sp³-hybridized carbons (Fsp3) is 0.381. The van der Waals surface area contributed by atoms with Crippen molar-refractivity contribution in [1.29, 1.82) is 0 Å². The van der Waals surface area contributed by atoms with Crippen molar-refractivity contribution in [2.45, 2.75) is 46.3 Å². The molecule has 0 unspecified atom stereocenters. The van der Waals surface area contributed by atoms with Gasteiger partial charge in [-0.3, -0.25) is 4.99 Å². The Labute approximate surface area is 181 Å². The summed E-state index contributed by atoms with van der Waals surface area (Å²) < 4.78 is 20.4. The molecule has 1 aromatic heterocycles. The van der Waals surface area contributed by atoms with E-state index in [9.17, 15) is 4.79 Å². The second-order valence-corrected chi connectivity index (χ2v) is 7.78. The number of amides is 1. The lowest BCUT2D eigenvalue weighted by Gasteiger charge is -2.23. The highest BCUT2D eigenvalue weighted by Crippen LogP contribution is 2.28. The molecular weight excluding hydrogens is 401 g/mol. The van der Waals surface area contributed by atoms with Gasteiger partial charge in [0.1, 0.15) is 17.7 Å². The first kappa shape index (κ1) is 23.7. The Hall–Kier alpha value is -3.56. The van der Waals surface area contributed by atoms with Gasteiger partial charge in [0.15, 0.2) is 5.82 Å². The standard InChI is InChI=1S/C21H28FN7O2/c1-12-15(13(2)27-20(30)31-21(3,4)5)7-8-16(17(12)22)18-25-11-26-19(29-18)28-14(9-23)10-24-6/h7-11,13H,23H2,1-6H3,(H,27,30)(H,25,26,28,29)/t13-/m1/s1. The summed E-state index contributed by atoms with van der Waals surface area (Å²) in [7, 11) is 1.60. The molecule has 1 aromatic carbocycles. The minimum atomic E-state index is -0.625. The number of hydrogen-bond donors (Lipinski definition) is 3. The van der Waals surface area contributed by atoms with Crippen LogP contribution in [0.25, 0.3) is 11.4 Å². The number of aliphatic imine (C=N–C) groups is 1. The van der Waals surface area contributed by atoms with Gasteiger partial charge in [-0.2, -0.15) is 4.98 Å². The number of nitrogens with zero attached hydrogens (tertiary/aromatic N) is 4. The molecule has 9 nitrogen and oxygen atoms in total. The first-order valence-electron chi connectivity index (χ1n) is 9.64. The lowest BCUT2D eigenvalue weighted by molar-refractivity contribution is 0.0507. The van der Waals surface area contributed by atoms with Gasteiger partial charge in [-0.15, -0.1) is 0 Å². The number of rotatable bonds is 6. The molecule has 1 heterocycles. The van der Waals surface area contributed by atoms with Crippen LogP contribution in [0.3, 0.4) is 0 Å². The Morgan fingerprint density at radius 2 is 2.03 bits per heavy atom. The summed E-state index contributed by atoms with van der Waals surface area (Å²) >= 11 is 0. The van der Waals surface area contributed by atoms with Crippen molar-refractivity contribution in [1.82, 2.24) is 20.3 Å². The molecule has 2 rings (SSSR count). The molecule has 0 aliphatic carbocycles. The number of anilines is 1. The van der Waals surface area contributed by atoms with E-state index in [-0.39, 0.29) is 17.3 Å². The first-order chi connectivity index (χ1) is 14.6. The lowest BCUT2D eigenvalue weighted by atomic mass is 9.98. The van der Waals surface area contributed by atoms with Gasteiger partial charge in [0.25, 0.3) is 0 Å². The Balaban J connectivity index is 2.28. The summed E-state index contributed by atoms with van der Waals surface area (Å²) in [6, 6.07) is 2.83. The number of carbonyl (C=O) groups is 1. The average molecular weight is 430 g/mol. The maximum atomic E-state index is 15.2. The van der Waals surface area contributed by atoms with Crippen LogP contribution < -0.4 is 16.4 Å². The zero-order valence-corrected chi connectivity index (χ0v) is 18.5.